The Kier molecular flexibility index (Phi) is 4.79. The monoisotopic (exact) mass is 513 g/mol. The molecule has 0 spiro atoms. The second kappa shape index (κ2) is 7.73. The van der Waals surface area contributed by atoms with Gasteiger partial charge in [0.2, 0.25) is 0 Å². The van der Waals surface area contributed by atoms with Crippen LogP contribution in [0.2, 0.25) is 0 Å². The van der Waals surface area contributed by atoms with Gasteiger partial charge in [-0.2, -0.15) is 0 Å². The summed E-state index contributed by atoms with van der Waals surface area (Å²) < 4.78 is 23.1. The van der Waals surface area contributed by atoms with E-state index in [-0.39, 0.29) is 33.1 Å². The topological polar surface area (TPSA) is 75.0 Å². The minimum absolute atomic E-state index is 0.0779. The Morgan fingerprint density at radius 3 is 2.82 bits per heavy atom. The van der Waals surface area contributed by atoms with Crippen molar-refractivity contribution >= 4 is 25.3 Å². The predicted molar refractivity (Wildman–Crippen MR) is 120 cm³/mol. The van der Waals surface area contributed by atoms with Crippen molar-refractivity contribution in [3.8, 4) is 5.75 Å². The van der Waals surface area contributed by atoms with E-state index in [0.29, 0.717) is 13.2 Å². The van der Waals surface area contributed by atoms with Gasteiger partial charge in [-0.05, 0) is 0 Å². The van der Waals surface area contributed by atoms with Crippen LogP contribution in [-0.4, -0.2) is 61.5 Å². The fourth-order valence-electron chi connectivity index (χ4n) is 4.93. The molecule has 0 aliphatic carbocycles. The molecule has 3 aliphatic heterocycles. The third-order valence-electron chi connectivity index (χ3n) is 6.44. The van der Waals surface area contributed by atoms with Gasteiger partial charge >= 0.3 is 195 Å². The van der Waals surface area contributed by atoms with Crippen LogP contribution in [0.15, 0.2) is 59.5 Å². The van der Waals surface area contributed by atoms with Crippen molar-refractivity contribution in [3.05, 3.63) is 93.2 Å². The number of ether oxygens (including phenoxy) is 1. The Bertz CT molecular complexity index is 1340. The normalized spacial score (nSPS) is 21.5. The predicted octanol–water partition coefficient (Wildman–Crippen LogP) is 1.08. The van der Waals surface area contributed by atoms with Gasteiger partial charge in [0, 0.05) is 0 Å². The van der Waals surface area contributed by atoms with Gasteiger partial charge in [-0.3, -0.25) is 0 Å². The van der Waals surface area contributed by atoms with Gasteiger partial charge in [-0.25, -0.2) is 0 Å². The van der Waals surface area contributed by atoms with Crippen LogP contribution in [0.4, 0.5) is 4.39 Å². The van der Waals surface area contributed by atoms with E-state index < -0.39 is 29.3 Å². The molecule has 0 saturated carbocycles. The molecule has 9 heteroatoms. The molecule has 2 aromatic carbocycles. The first kappa shape index (κ1) is 20.5. The quantitative estimate of drug-likeness (QED) is 0.494. The summed E-state index contributed by atoms with van der Waals surface area (Å²) >= 11 is 0.140. The van der Waals surface area contributed by atoms with E-state index in [1.807, 2.05) is 29.3 Å². The Hall–Kier alpha value is -3.13. The molecule has 0 unspecified atom stereocenters. The van der Waals surface area contributed by atoms with E-state index >= 15 is 0 Å². The van der Waals surface area contributed by atoms with Crippen molar-refractivity contribution in [2.75, 3.05) is 24.8 Å². The van der Waals surface area contributed by atoms with Crippen LogP contribution in [0.3, 0.4) is 0 Å². The van der Waals surface area contributed by atoms with Crippen LogP contribution >= 0.6 is 0 Å². The number of nitrogens with zero attached hydrogens (tertiary/aromatic N) is 3. The van der Waals surface area contributed by atoms with E-state index in [4.69, 9.17) is 4.74 Å². The zero-order chi connectivity index (χ0) is 22.7. The number of hydrogen-bond acceptors (Lipinski definition) is 5. The maximum atomic E-state index is 14.6. The minimum atomic E-state index is -0.614. The van der Waals surface area contributed by atoms with Crippen LogP contribution < -0.4 is 14.9 Å². The van der Waals surface area contributed by atoms with Gasteiger partial charge in [0.15, 0.2) is 0 Å². The number of pyridine rings is 1. The molecule has 33 heavy (non-hydrogen) atoms. The van der Waals surface area contributed by atoms with Crippen LogP contribution in [0.1, 0.15) is 33.2 Å². The second-order valence-electron chi connectivity index (χ2n) is 8.23. The number of amides is 1. The van der Waals surface area contributed by atoms with E-state index in [9.17, 15) is 19.1 Å². The molecule has 1 saturated heterocycles. The summed E-state index contributed by atoms with van der Waals surface area (Å²) in [5, 5.41) is 13.4. The number of carbonyl (C=O) groups excluding carboxylic acids is 1. The number of aromatic hydroxyl groups is 1. The first-order chi connectivity index (χ1) is 16.0. The second-order valence-corrected chi connectivity index (χ2v) is 10.4. The summed E-state index contributed by atoms with van der Waals surface area (Å²) in [5.74, 6) is -1.33. The van der Waals surface area contributed by atoms with Crippen molar-refractivity contribution in [3.63, 3.8) is 0 Å². The van der Waals surface area contributed by atoms with Gasteiger partial charge in [0.1, 0.15) is 0 Å². The summed E-state index contributed by atoms with van der Waals surface area (Å²) in [4.78, 5) is 27.2. The van der Waals surface area contributed by atoms with Gasteiger partial charge < -0.3 is 0 Å². The molecule has 1 fully saturated rings. The van der Waals surface area contributed by atoms with Gasteiger partial charge in [0.05, 0.1) is 0 Å². The molecule has 0 radical (unpaired) electrons. The molecule has 1 amide bonds. The zero-order valence-corrected chi connectivity index (χ0v) is 19.2. The molecule has 6 rings (SSSR count). The number of carbonyl (C=O) groups is 1. The van der Waals surface area contributed by atoms with Crippen molar-refractivity contribution in [1.82, 2.24) is 9.58 Å². The average Bonchev–Trinajstić information content (AvgIpc) is 2.98. The molecular formula is C24H20FN3O4Se. The van der Waals surface area contributed by atoms with Crippen LogP contribution in [-0.2, 0) is 10.1 Å². The van der Waals surface area contributed by atoms with Crippen molar-refractivity contribution < 1.29 is 19.0 Å². The summed E-state index contributed by atoms with van der Waals surface area (Å²) in [6, 6.07) is 13.8. The molecule has 0 bridgehead atoms. The Balaban J connectivity index is 1.67. The third-order valence-corrected chi connectivity index (χ3v) is 8.83. The van der Waals surface area contributed by atoms with Gasteiger partial charge in [-0.1, -0.05) is 0 Å². The Labute approximate surface area is 195 Å². The molecular weight excluding hydrogens is 492 g/mol. The van der Waals surface area contributed by atoms with Crippen molar-refractivity contribution in [2.24, 2.45) is 0 Å². The third kappa shape index (κ3) is 3.11. The number of halogens is 1. The van der Waals surface area contributed by atoms with Crippen molar-refractivity contribution in [2.45, 2.75) is 17.5 Å². The van der Waals surface area contributed by atoms with Crippen LogP contribution in [0.5, 0.6) is 5.75 Å². The van der Waals surface area contributed by atoms with Gasteiger partial charge in [-0.15, -0.1) is 0 Å². The number of fused-ring (bicyclic) bond motifs is 4. The number of morpholine rings is 1. The fourth-order valence-corrected chi connectivity index (χ4v) is 7.23. The molecule has 4 heterocycles. The molecule has 7 nitrogen and oxygen atoms in total. The first-order valence-electron chi connectivity index (χ1n) is 10.7. The number of benzene rings is 2. The van der Waals surface area contributed by atoms with Crippen molar-refractivity contribution in [1.29, 1.82) is 0 Å². The number of aromatic nitrogens is 1. The molecule has 3 aromatic rings. The molecule has 168 valence electrons. The van der Waals surface area contributed by atoms with E-state index in [2.05, 4.69) is 6.07 Å². The standard InChI is InChI=1S/C24H20FN3O4Se/c25-15-6-5-14-13-33-19-4-2-1-3-16(19)21(17(14)11-15)28-20-12-32-10-9-26(20)24(31)22-23(30)18(29)7-8-27(22)28/h1-8,11,20-21,30H,9-10,12-13H2/t20-,21-/m1/s1. The zero-order valence-electron chi connectivity index (χ0n) is 17.5. The number of rotatable bonds is 1. The average molecular weight is 512 g/mol. The molecule has 2 atom stereocenters. The Morgan fingerprint density at radius 1 is 1.09 bits per heavy atom. The molecule has 1 aromatic heterocycles. The van der Waals surface area contributed by atoms with E-state index in [0.717, 1.165) is 22.0 Å². The Morgan fingerprint density at radius 2 is 1.94 bits per heavy atom. The molecule has 3 aliphatic rings. The van der Waals surface area contributed by atoms with E-state index in [1.54, 1.807) is 15.6 Å². The van der Waals surface area contributed by atoms with Crippen LogP contribution in [0.25, 0.3) is 0 Å². The summed E-state index contributed by atoms with van der Waals surface area (Å²) in [6.07, 6.45) is 1.03. The molecule has 1 N–H and O–H groups in total. The summed E-state index contributed by atoms with van der Waals surface area (Å²) in [5.41, 5.74) is 2.18. The maximum absolute atomic E-state index is 14.6. The number of hydrogen-bond donors (Lipinski definition) is 1. The fraction of sp³-hybridized carbons (Fsp3) is 0.250. The summed E-state index contributed by atoms with van der Waals surface area (Å²) in [7, 11) is 0. The van der Waals surface area contributed by atoms with Gasteiger partial charge in [0.25, 0.3) is 0 Å². The van der Waals surface area contributed by atoms with E-state index in [1.165, 1.54) is 22.8 Å². The first-order valence-corrected chi connectivity index (χ1v) is 12.7. The SMILES string of the molecule is O=C1c2c(O)c(=O)ccn2N([C@H]2c3cc(F)ccc3C[Se]c3ccccc32)[C@@H]2COCCN12. The van der Waals surface area contributed by atoms with Crippen LogP contribution in [0, 0.1) is 5.82 Å². The summed E-state index contributed by atoms with van der Waals surface area (Å²) in [6.45, 7) is 0.951.